The molecule has 0 radical (unpaired) electrons. The SMILES string of the molecule is Brc1ccc(N(c2ccccc2)c2ccccc2)cc1.C.[C+]1=Cc2[nH]c3cc4c(cc3c2C=C1)C1(c2ccccc2O4)c2ccccc2-c2ccccc21.c1ccc(N(c2ccccc2)c2ccc(-n3c4ccccc4c4cc5c(cc43)Oc3ccccc3C53c4ccccc4-c4ccccc43)cc2)cc1. The van der Waals surface area contributed by atoms with Gasteiger partial charge in [-0.05, 0) is 172 Å². The Hall–Kier alpha value is -13.3. The Morgan fingerprint density at radius 2 is 0.698 bits per heavy atom. The molecule has 0 atom stereocenters. The number of para-hydroxylation sites is 7. The summed E-state index contributed by atoms with van der Waals surface area (Å²) < 4.78 is 17.0. The zero-order valence-electron chi connectivity index (χ0n) is 56.9. The number of nitrogens with one attached hydrogen (secondary N) is 1. The lowest BCUT2D eigenvalue weighted by Crippen LogP contribution is -2.32. The first-order valence-corrected chi connectivity index (χ1v) is 36.4. The molecule has 6 nitrogen and oxygen atoms in total. The molecular formula is C99H68BrN4O2+. The van der Waals surface area contributed by atoms with Crippen LogP contribution in [0.15, 0.2) is 375 Å². The predicted octanol–water partition coefficient (Wildman–Crippen LogP) is 26.8. The van der Waals surface area contributed by atoms with E-state index in [1.54, 1.807) is 0 Å². The van der Waals surface area contributed by atoms with Crippen LogP contribution in [-0.2, 0) is 10.8 Å². The van der Waals surface area contributed by atoms with Gasteiger partial charge in [-0.3, -0.25) is 0 Å². The fourth-order valence-corrected chi connectivity index (χ4v) is 17.5. The van der Waals surface area contributed by atoms with Gasteiger partial charge in [0.15, 0.2) is 5.69 Å². The first-order valence-electron chi connectivity index (χ1n) is 35.6. The van der Waals surface area contributed by atoms with Crippen molar-refractivity contribution in [3.05, 3.63) is 436 Å². The highest BCUT2D eigenvalue weighted by Crippen LogP contribution is 2.65. The third kappa shape index (κ3) is 9.96. The minimum absolute atomic E-state index is 0. The third-order valence-electron chi connectivity index (χ3n) is 21.6. The summed E-state index contributed by atoms with van der Waals surface area (Å²) in [6.07, 6.45) is 9.33. The van der Waals surface area contributed by atoms with Gasteiger partial charge >= 0.3 is 0 Å². The zero-order valence-corrected chi connectivity index (χ0v) is 58.5. The largest absolute Gasteiger partial charge is 0.457 e. The van der Waals surface area contributed by atoms with Gasteiger partial charge in [0.05, 0.1) is 33.5 Å². The zero-order chi connectivity index (χ0) is 69.6. The molecule has 0 amide bonds. The lowest BCUT2D eigenvalue weighted by molar-refractivity contribution is 0.437. The van der Waals surface area contributed by atoms with Gasteiger partial charge in [-0.1, -0.05) is 248 Å². The van der Waals surface area contributed by atoms with E-state index in [1.165, 1.54) is 88.5 Å². The monoisotopic (exact) mass is 1420 g/mol. The topological polar surface area (TPSA) is 45.7 Å². The van der Waals surface area contributed by atoms with Crippen LogP contribution in [0.25, 0.3) is 72.8 Å². The number of H-pyrrole nitrogens is 1. The first kappa shape index (κ1) is 63.6. The van der Waals surface area contributed by atoms with Gasteiger partial charge in [-0.25, -0.2) is 0 Å². The number of hydrogen-bond acceptors (Lipinski definition) is 4. The van der Waals surface area contributed by atoms with Gasteiger partial charge in [0.1, 0.15) is 40.7 Å². The van der Waals surface area contributed by atoms with Crippen molar-refractivity contribution < 1.29 is 9.47 Å². The molecule has 22 rings (SSSR count). The Bertz CT molecular complexity index is 6130. The van der Waals surface area contributed by atoms with E-state index in [1.807, 2.05) is 24.3 Å². The minimum Gasteiger partial charge on any atom is -0.457 e. The van der Waals surface area contributed by atoms with Crippen molar-refractivity contribution in [3.8, 4) is 50.9 Å². The summed E-state index contributed by atoms with van der Waals surface area (Å²) in [4.78, 5) is 8.10. The van der Waals surface area contributed by atoms with Gasteiger partial charge < -0.3 is 28.8 Å². The molecule has 15 aromatic carbocycles. The molecule has 0 saturated heterocycles. The van der Waals surface area contributed by atoms with E-state index in [9.17, 15) is 0 Å². The maximum atomic E-state index is 6.92. The molecule has 2 spiro atoms. The van der Waals surface area contributed by atoms with Crippen molar-refractivity contribution in [3.63, 3.8) is 0 Å². The van der Waals surface area contributed by atoms with E-state index in [-0.39, 0.29) is 7.43 Å². The van der Waals surface area contributed by atoms with Crippen molar-refractivity contribution >= 4 is 94.9 Å². The Labute approximate surface area is 625 Å². The van der Waals surface area contributed by atoms with Crippen molar-refractivity contribution in [1.82, 2.24) is 9.55 Å². The molecule has 502 valence electrons. The Kier molecular flexibility index (Phi) is 15.5. The van der Waals surface area contributed by atoms with Crippen molar-refractivity contribution in [1.29, 1.82) is 0 Å². The summed E-state index contributed by atoms with van der Waals surface area (Å²) >= 11 is 3.49. The second-order valence-electron chi connectivity index (χ2n) is 27.1. The van der Waals surface area contributed by atoms with E-state index < -0.39 is 10.8 Å². The number of halogens is 1. The van der Waals surface area contributed by atoms with Crippen molar-refractivity contribution in [2.45, 2.75) is 18.3 Å². The quantitative estimate of drug-likeness (QED) is 0.162. The lowest BCUT2D eigenvalue weighted by Gasteiger charge is -2.39. The number of benzene rings is 15. The molecule has 1 N–H and O–H groups in total. The fraction of sp³-hybridized carbons (Fsp3) is 0.0303. The lowest BCUT2D eigenvalue weighted by atomic mass is 9.66. The number of rotatable bonds is 7. The summed E-state index contributed by atoms with van der Waals surface area (Å²) in [5.41, 5.74) is 27.7. The second kappa shape index (κ2) is 25.9. The summed E-state index contributed by atoms with van der Waals surface area (Å²) in [6.45, 7) is 0. The average molecular weight is 1430 g/mol. The molecule has 0 saturated carbocycles. The van der Waals surface area contributed by atoms with Crippen LogP contribution in [0.1, 0.15) is 63.2 Å². The molecule has 0 unspecified atom stereocenters. The standard InChI is InChI=1S/C49H32N2O.C31H18NO.C18H14BrN.CH4/c1-3-15-33(16-4-1)50(34-17-5-2-6-18-34)35-27-29-36(30-28-35)51-45-25-13-9-21-39(45)40-31-44-48(32-46(40)51)52-47-26-14-12-24-43(47)49(44)41-22-10-7-19-37(41)38-20-8-11-23-42(38)49;1-4-12-23-19(9-1)20-10-2-5-13-24(20)31(23)25-14-6-8-16-29(25)33-30-18-28-22(17-26(30)31)21-11-3-7-15-27(21)32-28;19-15-11-13-18(14-12-15)20(16-7-3-1-4-8-16)17-9-5-2-6-10-17;/h1-32H;1-6,8-18,32H;1-14H;1H4/q;+1;;. The highest BCUT2D eigenvalue weighted by atomic mass is 79.9. The van der Waals surface area contributed by atoms with E-state index >= 15 is 0 Å². The summed E-state index contributed by atoms with van der Waals surface area (Å²) in [6, 6.07) is 130. The van der Waals surface area contributed by atoms with Gasteiger partial charge in [0, 0.05) is 101 Å². The summed E-state index contributed by atoms with van der Waals surface area (Å²) in [7, 11) is 0. The van der Waals surface area contributed by atoms with Crippen LogP contribution >= 0.6 is 15.9 Å². The van der Waals surface area contributed by atoms with E-state index in [0.29, 0.717) is 0 Å². The Morgan fingerprint density at radius 1 is 0.321 bits per heavy atom. The molecule has 17 aromatic rings. The summed E-state index contributed by atoms with van der Waals surface area (Å²) in [5.74, 6) is 3.61. The Balaban J connectivity index is 0.000000121. The number of hydrogen-bond donors (Lipinski definition) is 1. The van der Waals surface area contributed by atoms with Gasteiger partial charge in [0.2, 0.25) is 0 Å². The number of aromatic amines is 1. The molecule has 0 bridgehead atoms. The van der Waals surface area contributed by atoms with Gasteiger partial charge in [-0.2, -0.15) is 0 Å². The van der Waals surface area contributed by atoms with E-state index in [2.05, 4.69) is 399 Å². The number of aromatic nitrogens is 2. The molecule has 4 heterocycles. The Morgan fingerprint density at radius 3 is 1.17 bits per heavy atom. The van der Waals surface area contributed by atoms with Crippen LogP contribution in [0.4, 0.5) is 34.1 Å². The number of allylic oxidation sites excluding steroid dienone is 2. The maximum absolute atomic E-state index is 6.92. The van der Waals surface area contributed by atoms with Crippen molar-refractivity contribution in [2.75, 3.05) is 9.80 Å². The van der Waals surface area contributed by atoms with Gasteiger partial charge in [0.25, 0.3) is 0 Å². The van der Waals surface area contributed by atoms with Crippen LogP contribution in [0.3, 0.4) is 0 Å². The normalized spacial score (nSPS) is 13.2. The summed E-state index contributed by atoms with van der Waals surface area (Å²) in [5, 5.41) is 3.63. The van der Waals surface area contributed by atoms with Crippen LogP contribution < -0.4 is 19.3 Å². The highest BCUT2D eigenvalue weighted by molar-refractivity contribution is 9.10. The number of ether oxygens (including phenoxy) is 2. The minimum atomic E-state index is -0.505. The molecular weight excluding hydrogens is 1360 g/mol. The van der Waals surface area contributed by atoms with E-state index in [0.717, 1.165) is 89.5 Å². The third-order valence-corrected chi connectivity index (χ3v) is 22.1. The number of fused-ring (bicyclic) bond motifs is 24. The van der Waals surface area contributed by atoms with Crippen LogP contribution in [0, 0.1) is 6.08 Å². The number of anilines is 6. The maximum Gasteiger partial charge on any atom is 0.159 e. The van der Waals surface area contributed by atoms with Crippen LogP contribution in [-0.4, -0.2) is 9.55 Å². The highest BCUT2D eigenvalue weighted by Gasteiger charge is 2.53. The molecule has 7 heteroatoms. The van der Waals surface area contributed by atoms with Crippen molar-refractivity contribution in [2.24, 2.45) is 0 Å². The molecule has 3 aliphatic carbocycles. The molecule has 2 aliphatic heterocycles. The van der Waals surface area contributed by atoms with Crippen LogP contribution in [0.2, 0.25) is 0 Å². The smallest absolute Gasteiger partial charge is 0.159 e. The first-order chi connectivity index (χ1) is 52.0. The second-order valence-corrected chi connectivity index (χ2v) is 28.0. The molecule has 0 fully saturated rings. The fourth-order valence-electron chi connectivity index (χ4n) is 17.3. The van der Waals surface area contributed by atoms with Crippen LogP contribution in [0.5, 0.6) is 23.0 Å². The molecule has 106 heavy (non-hydrogen) atoms. The number of nitrogens with zero attached hydrogens (tertiary/aromatic N) is 3. The molecule has 2 aromatic heterocycles. The molecule has 5 aliphatic rings. The van der Waals surface area contributed by atoms with E-state index in [4.69, 9.17) is 9.47 Å². The predicted molar refractivity (Wildman–Crippen MR) is 441 cm³/mol. The van der Waals surface area contributed by atoms with Gasteiger partial charge in [-0.15, -0.1) is 0 Å². The average Bonchev–Trinajstić information content (AvgIpc) is 1.51.